The third kappa shape index (κ3) is 3.22. The lowest BCUT2D eigenvalue weighted by atomic mass is 10.0. The van der Waals surface area contributed by atoms with E-state index < -0.39 is 11.6 Å². The van der Waals surface area contributed by atoms with E-state index in [1.54, 1.807) is 6.20 Å². The van der Waals surface area contributed by atoms with Crippen LogP contribution in [0.15, 0.2) is 30.6 Å². The highest BCUT2D eigenvalue weighted by Gasteiger charge is 2.18. The molecule has 1 atom stereocenters. The number of hydrogen-bond acceptors (Lipinski definition) is 2. The van der Waals surface area contributed by atoms with Crippen LogP contribution in [-0.2, 0) is 13.0 Å². The Balaban J connectivity index is 2.27. The van der Waals surface area contributed by atoms with Crippen LogP contribution in [0.3, 0.4) is 0 Å². The Hall–Kier alpha value is -1.75. The third-order valence-electron chi connectivity index (χ3n) is 3.32. The average Bonchev–Trinajstić information content (AvgIpc) is 2.85. The van der Waals surface area contributed by atoms with Gasteiger partial charge in [0.1, 0.15) is 17.5 Å². The number of aromatic nitrogens is 2. The number of likely N-dealkylation sites (N-methyl/N-ethyl adjacent to an activating group) is 1. The zero-order valence-electron chi connectivity index (χ0n) is 11.7. The van der Waals surface area contributed by atoms with Crippen molar-refractivity contribution in [2.45, 2.75) is 32.9 Å². The normalized spacial score (nSPS) is 12.6. The molecule has 0 amide bonds. The molecule has 1 N–H and O–H groups in total. The summed E-state index contributed by atoms with van der Waals surface area (Å²) >= 11 is 0. The Morgan fingerprint density at radius 2 is 2.10 bits per heavy atom. The van der Waals surface area contributed by atoms with Crippen LogP contribution in [0.1, 0.15) is 31.3 Å². The second-order valence-corrected chi connectivity index (χ2v) is 4.61. The molecule has 0 fully saturated rings. The fourth-order valence-corrected chi connectivity index (χ4v) is 2.32. The standard InChI is InChI=1S/C15H19F2N3/c1-3-18-14(10-15-19-7-8-20(15)4-2)12-6-5-11(16)9-13(12)17/h5-9,14,18H,3-4,10H2,1-2H3. The highest BCUT2D eigenvalue weighted by atomic mass is 19.1. The van der Waals surface area contributed by atoms with Crippen molar-refractivity contribution in [1.82, 2.24) is 14.9 Å². The van der Waals surface area contributed by atoms with Gasteiger partial charge in [-0.15, -0.1) is 0 Å². The summed E-state index contributed by atoms with van der Waals surface area (Å²) in [5.41, 5.74) is 0.471. The molecule has 0 saturated carbocycles. The predicted molar refractivity (Wildman–Crippen MR) is 74.4 cm³/mol. The maximum atomic E-state index is 13.9. The second-order valence-electron chi connectivity index (χ2n) is 4.61. The van der Waals surface area contributed by atoms with E-state index in [0.29, 0.717) is 18.5 Å². The largest absolute Gasteiger partial charge is 0.335 e. The minimum atomic E-state index is -0.559. The molecule has 0 saturated heterocycles. The Morgan fingerprint density at radius 3 is 2.75 bits per heavy atom. The lowest BCUT2D eigenvalue weighted by Gasteiger charge is -2.19. The Labute approximate surface area is 117 Å². The summed E-state index contributed by atoms with van der Waals surface area (Å²) < 4.78 is 29.0. The average molecular weight is 279 g/mol. The Morgan fingerprint density at radius 1 is 1.30 bits per heavy atom. The Bertz CT molecular complexity index is 566. The zero-order valence-corrected chi connectivity index (χ0v) is 11.7. The van der Waals surface area contributed by atoms with Gasteiger partial charge in [0.05, 0.1) is 0 Å². The number of rotatable bonds is 6. The van der Waals surface area contributed by atoms with E-state index in [1.807, 2.05) is 24.6 Å². The summed E-state index contributed by atoms with van der Waals surface area (Å²) in [7, 11) is 0. The maximum Gasteiger partial charge on any atom is 0.130 e. The molecular weight excluding hydrogens is 260 g/mol. The number of nitrogens with one attached hydrogen (secondary N) is 1. The first-order valence-corrected chi connectivity index (χ1v) is 6.84. The van der Waals surface area contributed by atoms with Crippen molar-refractivity contribution in [1.29, 1.82) is 0 Å². The van der Waals surface area contributed by atoms with E-state index in [0.717, 1.165) is 18.4 Å². The number of imidazole rings is 1. The minimum absolute atomic E-state index is 0.215. The lowest BCUT2D eigenvalue weighted by Crippen LogP contribution is -2.25. The molecule has 0 spiro atoms. The van der Waals surface area contributed by atoms with Gasteiger partial charge in [-0.2, -0.15) is 0 Å². The molecule has 1 unspecified atom stereocenters. The molecule has 1 aromatic heterocycles. The monoisotopic (exact) mass is 279 g/mol. The first-order chi connectivity index (χ1) is 9.65. The van der Waals surface area contributed by atoms with Gasteiger partial charge in [-0.05, 0) is 19.5 Å². The van der Waals surface area contributed by atoms with Gasteiger partial charge in [-0.3, -0.25) is 0 Å². The number of benzene rings is 1. The molecule has 0 aliphatic rings. The lowest BCUT2D eigenvalue weighted by molar-refractivity contribution is 0.487. The van der Waals surface area contributed by atoms with Gasteiger partial charge in [0, 0.05) is 43.0 Å². The number of nitrogens with zero attached hydrogens (tertiary/aromatic N) is 2. The summed E-state index contributed by atoms with van der Waals surface area (Å²) in [5, 5.41) is 3.23. The van der Waals surface area contributed by atoms with Crippen LogP contribution in [-0.4, -0.2) is 16.1 Å². The van der Waals surface area contributed by atoms with Crippen molar-refractivity contribution >= 4 is 0 Å². The Kier molecular flexibility index (Phi) is 4.84. The smallest absolute Gasteiger partial charge is 0.130 e. The molecule has 20 heavy (non-hydrogen) atoms. The number of aryl methyl sites for hydroxylation is 1. The highest BCUT2D eigenvalue weighted by Crippen LogP contribution is 2.21. The molecule has 2 aromatic rings. The van der Waals surface area contributed by atoms with Crippen molar-refractivity contribution in [2.24, 2.45) is 0 Å². The molecule has 108 valence electrons. The summed E-state index contributed by atoms with van der Waals surface area (Å²) in [5.74, 6) is -0.190. The number of halogens is 2. The summed E-state index contributed by atoms with van der Waals surface area (Å²) in [4.78, 5) is 4.31. The topological polar surface area (TPSA) is 29.9 Å². The van der Waals surface area contributed by atoms with E-state index in [9.17, 15) is 8.78 Å². The quantitative estimate of drug-likeness (QED) is 0.880. The van der Waals surface area contributed by atoms with Crippen LogP contribution in [0.2, 0.25) is 0 Å². The maximum absolute atomic E-state index is 13.9. The zero-order chi connectivity index (χ0) is 14.5. The minimum Gasteiger partial charge on any atom is -0.335 e. The van der Waals surface area contributed by atoms with Crippen molar-refractivity contribution < 1.29 is 8.78 Å². The fraction of sp³-hybridized carbons (Fsp3) is 0.400. The van der Waals surface area contributed by atoms with Gasteiger partial charge in [-0.1, -0.05) is 13.0 Å². The van der Waals surface area contributed by atoms with E-state index in [1.165, 1.54) is 12.1 Å². The molecule has 0 radical (unpaired) electrons. The third-order valence-corrected chi connectivity index (χ3v) is 3.32. The van der Waals surface area contributed by atoms with Crippen LogP contribution >= 0.6 is 0 Å². The van der Waals surface area contributed by atoms with E-state index >= 15 is 0 Å². The number of hydrogen-bond donors (Lipinski definition) is 1. The molecule has 1 aromatic carbocycles. The van der Waals surface area contributed by atoms with Gasteiger partial charge in [0.2, 0.25) is 0 Å². The van der Waals surface area contributed by atoms with Crippen LogP contribution in [0.4, 0.5) is 8.78 Å². The molecule has 5 heteroatoms. The van der Waals surface area contributed by atoms with Gasteiger partial charge in [0.25, 0.3) is 0 Å². The van der Waals surface area contributed by atoms with Gasteiger partial charge >= 0.3 is 0 Å². The SMILES string of the molecule is CCNC(Cc1nccn1CC)c1ccc(F)cc1F. The molecule has 3 nitrogen and oxygen atoms in total. The molecule has 0 bridgehead atoms. The molecule has 1 heterocycles. The van der Waals surface area contributed by atoms with Crippen LogP contribution in [0.5, 0.6) is 0 Å². The molecule has 2 rings (SSSR count). The van der Waals surface area contributed by atoms with Crippen molar-refractivity contribution in [2.75, 3.05) is 6.54 Å². The van der Waals surface area contributed by atoms with Crippen LogP contribution in [0.25, 0.3) is 0 Å². The highest BCUT2D eigenvalue weighted by molar-refractivity contribution is 5.23. The first-order valence-electron chi connectivity index (χ1n) is 6.84. The molecule has 0 aliphatic carbocycles. The second kappa shape index (κ2) is 6.61. The van der Waals surface area contributed by atoms with Crippen LogP contribution < -0.4 is 5.32 Å². The van der Waals surface area contributed by atoms with Crippen molar-refractivity contribution in [3.8, 4) is 0 Å². The van der Waals surface area contributed by atoms with Crippen LogP contribution in [0, 0.1) is 11.6 Å². The van der Waals surface area contributed by atoms with E-state index in [2.05, 4.69) is 10.3 Å². The van der Waals surface area contributed by atoms with Gasteiger partial charge in [-0.25, -0.2) is 13.8 Å². The van der Waals surface area contributed by atoms with E-state index in [4.69, 9.17) is 0 Å². The first kappa shape index (κ1) is 14.7. The van der Waals surface area contributed by atoms with Gasteiger partial charge in [0.15, 0.2) is 0 Å². The molecule has 0 aliphatic heterocycles. The summed E-state index contributed by atoms with van der Waals surface area (Å²) in [6.07, 6.45) is 4.21. The predicted octanol–water partition coefficient (Wildman–Crippen LogP) is 3.07. The molecular formula is C15H19F2N3. The van der Waals surface area contributed by atoms with Crippen molar-refractivity contribution in [3.05, 3.63) is 53.6 Å². The summed E-state index contributed by atoms with van der Waals surface area (Å²) in [6.45, 7) is 5.51. The van der Waals surface area contributed by atoms with E-state index in [-0.39, 0.29) is 6.04 Å². The van der Waals surface area contributed by atoms with Gasteiger partial charge < -0.3 is 9.88 Å². The summed E-state index contributed by atoms with van der Waals surface area (Å²) in [6, 6.07) is 3.49. The van der Waals surface area contributed by atoms with Crippen molar-refractivity contribution in [3.63, 3.8) is 0 Å². The fourth-order valence-electron chi connectivity index (χ4n) is 2.32.